The van der Waals surface area contributed by atoms with Gasteiger partial charge >= 0.3 is 5.97 Å². The molecule has 3 rings (SSSR count). The molecule has 0 amide bonds. The molecule has 0 spiro atoms. The molecule has 1 aromatic carbocycles. The van der Waals surface area contributed by atoms with Crippen LogP contribution in [0.4, 0.5) is 10.1 Å². The van der Waals surface area contributed by atoms with Gasteiger partial charge < -0.3 is 10.0 Å². The highest BCUT2D eigenvalue weighted by Crippen LogP contribution is 2.41. The molecule has 1 N–H and O–H groups in total. The molecule has 2 heterocycles. The molecule has 84 valence electrons. The van der Waals surface area contributed by atoms with Crippen LogP contribution in [0.1, 0.15) is 18.4 Å². The zero-order valence-electron chi connectivity index (χ0n) is 8.69. The van der Waals surface area contributed by atoms with Crippen molar-refractivity contribution < 1.29 is 14.3 Å². The van der Waals surface area contributed by atoms with Gasteiger partial charge in [-0.15, -0.1) is 0 Å². The van der Waals surface area contributed by atoms with Crippen LogP contribution < -0.4 is 4.90 Å². The van der Waals surface area contributed by atoms with Gasteiger partial charge in [0.05, 0.1) is 0 Å². The standard InChI is InChI=1S/C12H12FNO2/c13-8-1-3-10-7(5-8)6-9-2-4-11(12(15)16)14(9)10/h1,3,5,9,11H,2,4,6H2,(H,15,16). The summed E-state index contributed by atoms with van der Waals surface area (Å²) in [7, 11) is 0. The molecule has 3 nitrogen and oxygen atoms in total. The summed E-state index contributed by atoms with van der Waals surface area (Å²) in [5, 5.41) is 9.12. The van der Waals surface area contributed by atoms with Crippen molar-refractivity contribution in [1.82, 2.24) is 0 Å². The van der Waals surface area contributed by atoms with Crippen molar-refractivity contribution in [3.8, 4) is 0 Å². The lowest BCUT2D eigenvalue weighted by Gasteiger charge is -2.24. The highest BCUT2D eigenvalue weighted by molar-refractivity contribution is 5.81. The van der Waals surface area contributed by atoms with Gasteiger partial charge in [-0.25, -0.2) is 9.18 Å². The fourth-order valence-corrected chi connectivity index (χ4v) is 2.91. The van der Waals surface area contributed by atoms with Crippen LogP contribution in [0.25, 0.3) is 0 Å². The lowest BCUT2D eigenvalue weighted by atomic mass is 10.1. The van der Waals surface area contributed by atoms with Crippen LogP contribution in [0.15, 0.2) is 18.2 Å². The smallest absolute Gasteiger partial charge is 0.326 e. The molecule has 2 unspecified atom stereocenters. The molecule has 1 saturated heterocycles. The van der Waals surface area contributed by atoms with Crippen molar-refractivity contribution in [1.29, 1.82) is 0 Å². The summed E-state index contributed by atoms with van der Waals surface area (Å²) in [5.74, 6) is -1.02. The molecule has 0 aromatic heterocycles. The molecule has 1 aromatic rings. The third kappa shape index (κ3) is 1.22. The van der Waals surface area contributed by atoms with Gasteiger partial charge in [0.1, 0.15) is 11.9 Å². The van der Waals surface area contributed by atoms with Gasteiger partial charge in [0.15, 0.2) is 0 Å². The van der Waals surface area contributed by atoms with E-state index in [4.69, 9.17) is 5.11 Å². The molecule has 2 aliphatic heterocycles. The Bertz CT molecular complexity index is 460. The van der Waals surface area contributed by atoms with E-state index in [9.17, 15) is 9.18 Å². The molecule has 16 heavy (non-hydrogen) atoms. The van der Waals surface area contributed by atoms with E-state index in [0.717, 1.165) is 24.1 Å². The second-order valence-electron chi connectivity index (χ2n) is 4.47. The third-order valence-electron chi connectivity index (χ3n) is 3.56. The molecule has 0 bridgehead atoms. The van der Waals surface area contributed by atoms with Crippen molar-refractivity contribution >= 4 is 11.7 Å². The number of halogens is 1. The first-order chi connectivity index (χ1) is 7.66. The Morgan fingerprint density at radius 3 is 3.00 bits per heavy atom. The summed E-state index contributed by atoms with van der Waals surface area (Å²) in [5.41, 5.74) is 1.84. The molecule has 1 fully saturated rings. The zero-order chi connectivity index (χ0) is 11.3. The lowest BCUT2D eigenvalue weighted by molar-refractivity contribution is -0.138. The summed E-state index contributed by atoms with van der Waals surface area (Å²) in [6.07, 6.45) is 2.35. The van der Waals surface area contributed by atoms with Gasteiger partial charge in [-0.05, 0) is 43.0 Å². The van der Waals surface area contributed by atoms with E-state index in [-0.39, 0.29) is 11.9 Å². The quantitative estimate of drug-likeness (QED) is 0.786. The SMILES string of the molecule is O=C(O)C1CCC2Cc3cc(F)ccc3N21. The van der Waals surface area contributed by atoms with Gasteiger partial charge in [-0.2, -0.15) is 0 Å². The van der Waals surface area contributed by atoms with E-state index in [0.29, 0.717) is 6.42 Å². The van der Waals surface area contributed by atoms with Gasteiger partial charge in [0.25, 0.3) is 0 Å². The number of benzene rings is 1. The normalized spacial score (nSPS) is 26.7. The first-order valence-corrected chi connectivity index (χ1v) is 5.46. The fourth-order valence-electron chi connectivity index (χ4n) is 2.91. The average Bonchev–Trinajstić information content (AvgIpc) is 2.74. The number of fused-ring (bicyclic) bond motifs is 3. The zero-order valence-corrected chi connectivity index (χ0v) is 8.69. The monoisotopic (exact) mass is 221 g/mol. The van der Waals surface area contributed by atoms with Crippen molar-refractivity contribution in [3.63, 3.8) is 0 Å². The Labute approximate surface area is 92.5 Å². The maximum atomic E-state index is 13.1. The number of carboxylic acids is 1. The van der Waals surface area contributed by atoms with Crippen molar-refractivity contribution in [2.24, 2.45) is 0 Å². The number of hydrogen-bond donors (Lipinski definition) is 1. The Balaban J connectivity index is 2.03. The van der Waals surface area contributed by atoms with E-state index in [1.807, 2.05) is 4.90 Å². The summed E-state index contributed by atoms with van der Waals surface area (Å²) >= 11 is 0. The summed E-state index contributed by atoms with van der Waals surface area (Å²) in [6.45, 7) is 0. The van der Waals surface area contributed by atoms with Crippen molar-refractivity contribution in [3.05, 3.63) is 29.6 Å². The van der Waals surface area contributed by atoms with Crippen molar-refractivity contribution in [2.45, 2.75) is 31.3 Å². The van der Waals surface area contributed by atoms with E-state index in [1.165, 1.54) is 12.1 Å². The molecule has 2 atom stereocenters. The Morgan fingerprint density at radius 1 is 1.44 bits per heavy atom. The van der Waals surface area contributed by atoms with Crippen LogP contribution in [-0.4, -0.2) is 23.2 Å². The molecular formula is C12H12FNO2. The summed E-state index contributed by atoms with van der Waals surface area (Å²) in [6, 6.07) is 4.44. The summed E-state index contributed by atoms with van der Waals surface area (Å²) in [4.78, 5) is 13.0. The topological polar surface area (TPSA) is 40.5 Å². The number of anilines is 1. The minimum atomic E-state index is -0.778. The summed E-state index contributed by atoms with van der Waals surface area (Å²) < 4.78 is 13.1. The first kappa shape index (κ1) is 9.63. The predicted molar refractivity (Wildman–Crippen MR) is 57.0 cm³/mol. The minimum Gasteiger partial charge on any atom is -0.480 e. The minimum absolute atomic E-state index is 0.244. The van der Waals surface area contributed by atoms with Crippen molar-refractivity contribution in [2.75, 3.05) is 4.90 Å². The van der Waals surface area contributed by atoms with Crippen LogP contribution in [0, 0.1) is 5.82 Å². The molecule has 0 saturated carbocycles. The number of aliphatic carboxylic acids is 1. The van der Waals surface area contributed by atoms with Crippen LogP contribution in [-0.2, 0) is 11.2 Å². The molecular weight excluding hydrogens is 209 g/mol. The van der Waals surface area contributed by atoms with E-state index in [1.54, 1.807) is 6.07 Å². The number of carbonyl (C=O) groups is 1. The number of hydrogen-bond acceptors (Lipinski definition) is 2. The second-order valence-corrected chi connectivity index (χ2v) is 4.47. The lowest BCUT2D eigenvalue weighted by Crippen LogP contribution is -2.38. The maximum Gasteiger partial charge on any atom is 0.326 e. The Hall–Kier alpha value is -1.58. The number of rotatable bonds is 1. The largest absolute Gasteiger partial charge is 0.480 e. The van der Waals surface area contributed by atoms with E-state index < -0.39 is 12.0 Å². The molecule has 2 aliphatic rings. The fraction of sp³-hybridized carbons (Fsp3) is 0.417. The van der Waals surface area contributed by atoms with E-state index >= 15 is 0 Å². The number of nitrogens with zero attached hydrogens (tertiary/aromatic N) is 1. The average molecular weight is 221 g/mol. The van der Waals surface area contributed by atoms with E-state index in [2.05, 4.69) is 0 Å². The maximum absolute atomic E-state index is 13.1. The van der Waals surface area contributed by atoms with Gasteiger partial charge in [-0.3, -0.25) is 0 Å². The van der Waals surface area contributed by atoms with Crippen LogP contribution in [0.5, 0.6) is 0 Å². The Kier molecular flexibility index (Phi) is 1.93. The molecule has 0 aliphatic carbocycles. The van der Waals surface area contributed by atoms with Gasteiger partial charge in [0.2, 0.25) is 0 Å². The third-order valence-corrected chi connectivity index (χ3v) is 3.56. The van der Waals surface area contributed by atoms with Gasteiger partial charge in [-0.1, -0.05) is 0 Å². The highest BCUT2D eigenvalue weighted by Gasteiger charge is 2.42. The number of carboxylic acid groups (broad SMARTS) is 1. The van der Waals surface area contributed by atoms with Crippen LogP contribution in [0.2, 0.25) is 0 Å². The Morgan fingerprint density at radius 2 is 2.25 bits per heavy atom. The first-order valence-electron chi connectivity index (χ1n) is 5.46. The van der Waals surface area contributed by atoms with Crippen LogP contribution in [0.3, 0.4) is 0 Å². The second kappa shape index (κ2) is 3.20. The molecule has 4 heteroatoms. The van der Waals surface area contributed by atoms with Crippen LogP contribution >= 0.6 is 0 Å². The predicted octanol–water partition coefficient (Wildman–Crippen LogP) is 1.80. The highest BCUT2D eigenvalue weighted by atomic mass is 19.1. The molecule has 0 radical (unpaired) electrons. The van der Waals surface area contributed by atoms with Gasteiger partial charge in [0, 0.05) is 11.7 Å².